The SMILES string of the molecule is Cc1ccc2nc(CN3CCCc4c(C(N)=O)cccc43)cn2c1. The average molecular weight is 320 g/mol. The Hall–Kier alpha value is -2.82. The van der Waals surface area contributed by atoms with Crippen LogP contribution in [0.3, 0.4) is 0 Å². The van der Waals surface area contributed by atoms with Gasteiger partial charge in [0.05, 0.1) is 12.2 Å². The maximum atomic E-state index is 11.7. The normalized spacial score (nSPS) is 14.0. The second-order valence-electron chi connectivity index (χ2n) is 6.40. The molecule has 5 heteroatoms. The molecule has 122 valence electrons. The molecule has 3 aromatic rings. The highest BCUT2D eigenvalue weighted by Crippen LogP contribution is 2.30. The van der Waals surface area contributed by atoms with Crippen molar-refractivity contribution >= 4 is 17.2 Å². The third kappa shape index (κ3) is 2.52. The first kappa shape index (κ1) is 14.8. The van der Waals surface area contributed by atoms with Crippen LogP contribution in [0.2, 0.25) is 0 Å². The van der Waals surface area contributed by atoms with Gasteiger partial charge < -0.3 is 15.0 Å². The van der Waals surface area contributed by atoms with Gasteiger partial charge >= 0.3 is 0 Å². The summed E-state index contributed by atoms with van der Waals surface area (Å²) in [4.78, 5) is 18.7. The molecule has 0 unspecified atom stereocenters. The smallest absolute Gasteiger partial charge is 0.249 e. The van der Waals surface area contributed by atoms with Gasteiger partial charge in [-0.15, -0.1) is 0 Å². The van der Waals surface area contributed by atoms with Crippen LogP contribution in [0.5, 0.6) is 0 Å². The van der Waals surface area contributed by atoms with Crippen LogP contribution in [0.15, 0.2) is 42.7 Å². The van der Waals surface area contributed by atoms with Crippen LogP contribution in [0.1, 0.15) is 33.6 Å². The standard InChI is InChI=1S/C19H20N4O/c1-13-7-8-18-21-14(12-23(18)10-13)11-22-9-3-5-15-16(19(20)24)4-2-6-17(15)22/h2,4,6-8,10,12H,3,5,9,11H2,1H3,(H2,20,24). The number of nitrogens with two attached hydrogens (primary N) is 1. The lowest BCUT2D eigenvalue weighted by atomic mass is 9.96. The van der Waals surface area contributed by atoms with Gasteiger partial charge in [0, 0.05) is 30.2 Å². The number of anilines is 1. The number of carbonyl (C=O) groups is 1. The van der Waals surface area contributed by atoms with Gasteiger partial charge in [0.1, 0.15) is 5.65 Å². The summed E-state index contributed by atoms with van der Waals surface area (Å²) in [5.41, 5.74) is 11.5. The number of primary amides is 1. The quantitative estimate of drug-likeness (QED) is 0.807. The van der Waals surface area contributed by atoms with Crippen molar-refractivity contribution in [1.82, 2.24) is 9.38 Å². The molecular formula is C19H20N4O. The minimum atomic E-state index is -0.350. The lowest BCUT2D eigenvalue weighted by Gasteiger charge is -2.31. The van der Waals surface area contributed by atoms with Crippen LogP contribution in [0.4, 0.5) is 5.69 Å². The highest BCUT2D eigenvalue weighted by Gasteiger charge is 2.21. The van der Waals surface area contributed by atoms with Gasteiger partial charge in [-0.05, 0) is 49.1 Å². The Morgan fingerprint density at radius 1 is 1.25 bits per heavy atom. The number of aromatic nitrogens is 2. The van der Waals surface area contributed by atoms with E-state index in [1.807, 2.05) is 18.2 Å². The summed E-state index contributed by atoms with van der Waals surface area (Å²) in [6.45, 7) is 3.77. The number of hydrogen-bond donors (Lipinski definition) is 1. The van der Waals surface area contributed by atoms with Crippen LogP contribution in [-0.4, -0.2) is 21.8 Å². The number of nitrogens with zero attached hydrogens (tertiary/aromatic N) is 3. The molecule has 0 atom stereocenters. The van der Waals surface area contributed by atoms with Crippen LogP contribution >= 0.6 is 0 Å². The minimum absolute atomic E-state index is 0.350. The predicted octanol–water partition coefficient (Wildman–Crippen LogP) is 2.69. The molecule has 1 amide bonds. The molecule has 1 aliphatic rings. The lowest BCUT2D eigenvalue weighted by molar-refractivity contribution is 0.0999. The van der Waals surface area contributed by atoms with E-state index < -0.39 is 0 Å². The molecule has 0 saturated carbocycles. The Labute approximate surface area is 140 Å². The van der Waals surface area contributed by atoms with Crippen LogP contribution < -0.4 is 10.6 Å². The van der Waals surface area contributed by atoms with Gasteiger partial charge in [0.2, 0.25) is 5.91 Å². The monoisotopic (exact) mass is 320 g/mol. The number of aryl methyl sites for hydroxylation is 1. The summed E-state index contributed by atoms with van der Waals surface area (Å²) in [6.07, 6.45) is 6.08. The van der Waals surface area contributed by atoms with E-state index in [0.29, 0.717) is 5.56 Å². The highest BCUT2D eigenvalue weighted by molar-refractivity contribution is 5.96. The van der Waals surface area contributed by atoms with Gasteiger partial charge in [0.25, 0.3) is 0 Å². The Kier molecular flexibility index (Phi) is 3.49. The second-order valence-corrected chi connectivity index (χ2v) is 6.40. The summed E-state index contributed by atoms with van der Waals surface area (Å²) in [7, 11) is 0. The van der Waals surface area contributed by atoms with Crippen molar-refractivity contribution in [2.45, 2.75) is 26.3 Å². The van der Waals surface area contributed by atoms with E-state index in [1.165, 1.54) is 5.56 Å². The number of fused-ring (bicyclic) bond motifs is 2. The molecule has 0 spiro atoms. The molecule has 2 aromatic heterocycles. The molecule has 4 rings (SSSR count). The van der Waals surface area contributed by atoms with E-state index in [-0.39, 0.29) is 5.91 Å². The van der Waals surface area contributed by atoms with Crippen molar-refractivity contribution in [3.05, 3.63) is 65.1 Å². The fourth-order valence-electron chi connectivity index (χ4n) is 3.52. The van der Waals surface area contributed by atoms with E-state index >= 15 is 0 Å². The molecule has 24 heavy (non-hydrogen) atoms. The Morgan fingerprint density at radius 3 is 2.96 bits per heavy atom. The third-order valence-corrected chi connectivity index (χ3v) is 4.61. The highest BCUT2D eigenvalue weighted by atomic mass is 16.1. The Morgan fingerprint density at radius 2 is 2.12 bits per heavy atom. The van der Waals surface area contributed by atoms with Crippen LogP contribution in [-0.2, 0) is 13.0 Å². The van der Waals surface area contributed by atoms with Gasteiger partial charge in [-0.1, -0.05) is 12.1 Å². The van der Waals surface area contributed by atoms with E-state index in [1.54, 1.807) is 0 Å². The molecule has 5 nitrogen and oxygen atoms in total. The van der Waals surface area contributed by atoms with Crippen molar-refractivity contribution in [3.8, 4) is 0 Å². The van der Waals surface area contributed by atoms with Crippen LogP contribution in [0, 0.1) is 6.92 Å². The second kappa shape index (κ2) is 5.67. The number of rotatable bonds is 3. The molecule has 0 aliphatic carbocycles. The molecule has 0 radical (unpaired) electrons. The van der Waals surface area contributed by atoms with Gasteiger partial charge in [0.15, 0.2) is 0 Å². The number of hydrogen-bond acceptors (Lipinski definition) is 3. The van der Waals surface area contributed by atoms with E-state index in [2.05, 4.69) is 40.8 Å². The van der Waals surface area contributed by atoms with Gasteiger partial charge in [-0.25, -0.2) is 4.98 Å². The maximum Gasteiger partial charge on any atom is 0.249 e. The third-order valence-electron chi connectivity index (χ3n) is 4.61. The molecular weight excluding hydrogens is 300 g/mol. The molecule has 0 saturated heterocycles. The largest absolute Gasteiger partial charge is 0.366 e. The first-order chi connectivity index (χ1) is 11.6. The molecule has 0 fully saturated rings. The minimum Gasteiger partial charge on any atom is -0.366 e. The van der Waals surface area contributed by atoms with Crippen molar-refractivity contribution in [2.75, 3.05) is 11.4 Å². The summed E-state index contributed by atoms with van der Waals surface area (Å²) in [5, 5.41) is 0. The fraction of sp³-hybridized carbons (Fsp3) is 0.263. The van der Waals surface area contributed by atoms with Crippen molar-refractivity contribution < 1.29 is 4.79 Å². The number of pyridine rings is 1. The number of amides is 1. The van der Waals surface area contributed by atoms with E-state index in [9.17, 15) is 4.79 Å². The first-order valence-electron chi connectivity index (χ1n) is 8.23. The van der Waals surface area contributed by atoms with Gasteiger partial charge in [-0.3, -0.25) is 4.79 Å². The molecule has 2 N–H and O–H groups in total. The number of carbonyl (C=O) groups excluding carboxylic acids is 1. The maximum absolute atomic E-state index is 11.7. The zero-order valence-corrected chi connectivity index (χ0v) is 13.7. The first-order valence-corrected chi connectivity index (χ1v) is 8.23. The average Bonchev–Trinajstić information content (AvgIpc) is 2.96. The summed E-state index contributed by atoms with van der Waals surface area (Å²) >= 11 is 0. The van der Waals surface area contributed by atoms with Crippen molar-refractivity contribution in [1.29, 1.82) is 0 Å². The summed E-state index contributed by atoms with van der Waals surface area (Å²) in [6, 6.07) is 9.90. The number of imidazole rings is 1. The molecule has 3 heterocycles. The van der Waals surface area contributed by atoms with E-state index in [4.69, 9.17) is 10.7 Å². The van der Waals surface area contributed by atoms with Crippen LogP contribution in [0.25, 0.3) is 5.65 Å². The Balaban J connectivity index is 1.68. The zero-order chi connectivity index (χ0) is 16.7. The molecule has 1 aliphatic heterocycles. The fourth-order valence-corrected chi connectivity index (χ4v) is 3.52. The summed E-state index contributed by atoms with van der Waals surface area (Å²) in [5.74, 6) is -0.350. The summed E-state index contributed by atoms with van der Waals surface area (Å²) < 4.78 is 2.06. The lowest BCUT2D eigenvalue weighted by Crippen LogP contribution is -2.30. The molecule has 0 bridgehead atoms. The van der Waals surface area contributed by atoms with Crippen molar-refractivity contribution in [3.63, 3.8) is 0 Å². The number of benzene rings is 1. The van der Waals surface area contributed by atoms with Gasteiger partial charge in [-0.2, -0.15) is 0 Å². The predicted molar refractivity (Wildman–Crippen MR) is 94.3 cm³/mol. The zero-order valence-electron chi connectivity index (χ0n) is 13.7. The molecule has 1 aromatic carbocycles. The Bertz CT molecular complexity index is 928. The van der Waals surface area contributed by atoms with Crippen molar-refractivity contribution in [2.24, 2.45) is 5.73 Å². The van der Waals surface area contributed by atoms with E-state index in [0.717, 1.165) is 48.5 Å². The topological polar surface area (TPSA) is 63.6 Å².